The summed E-state index contributed by atoms with van der Waals surface area (Å²) >= 11 is 11.9. The van der Waals surface area contributed by atoms with Crippen LogP contribution in [-0.2, 0) is 26.1 Å². The number of anilines is 1. The molecule has 0 spiro atoms. The first-order chi connectivity index (χ1) is 15.7. The molecule has 0 aliphatic carbocycles. The predicted molar refractivity (Wildman–Crippen MR) is 125 cm³/mol. The van der Waals surface area contributed by atoms with E-state index >= 15 is 0 Å². The summed E-state index contributed by atoms with van der Waals surface area (Å²) in [4.78, 5) is 28.4. The second-order valence-electron chi connectivity index (χ2n) is 6.85. The van der Waals surface area contributed by atoms with Gasteiger partial charge in [-0.25, -0.2) is 22.9 Å². The summed E-state index contributed by atoms with van der Waals surface area (Å²) in [5.74, 6) is -1.46. The Morgan fingerprint density at radius 3 is 2.45 bits per heavy atom. The number of amides is 1. The Labute approximate surface area is 200 Å². The lowest BCUT2D eigenvalue weighted by atomic mass is 10.2. The molecular weight excluding hydrogens is 489 g/mol. The average molecular weight is 508 g/mol. The molecule has 0 bridgehead atoms. The lowest BCUT2D eigenvalue weighted by Gasteiger charge is -2.10. The molecule has 1 heterocycles. The molecule has 3 aromatic rings. The van der Waals surface area contributed by atoms with Crippen molar-refractivity contribution in [3.05, 3.63) is 87.5 Å². The van der Waals surface area contributed by atoms with E-state index in [4.69, 9.17) is 27.9 Å². The number of nitrogens with one attached hydrogen (secondary N) is 2. The second-order valence-corrected chi connectivity index (χ2v) is 9.43. The Hall–Kier alpha value is -2.98. The van der Waals surface area contributed by atoms with Crippen molar-refractivity contribution in [2.45, 2.75) is 18.4 Å². The van der Waals surface area contributed by atoms with Crippen molar-refractivity contribution in [1.29, 1.82) is 0 Å². The van der Waals surface area contributed by atoms with Gasteiger partial charge in [-0.05, 0) is 36.8 Å². The van der Waals surface area contributed by atoms with Crippen LogP contribution in [0, 0.1) is 6.92 Å². The van der Waals surface area contributed by atoms with Crippen LogP contribution in [0.25, 0.3) is 0 Å². The van der Waals surface area contributed by atoms with E-state index in [0.717, 1.165) is 5.56 Å². The van der Waals surface area contributed by atoms with Crippen molar-refractivity contribution >= 4 is 50.9 Å². The number of nitrogens with zero attached hydrogens (tertiary/aromatic N) is 1. The summed E-state index contributed by atoms with van der Waals surface area (Å²) in [6.45, 7) is 1.12. The second kappa shape index (κ2) is 10.8. The van der Waals surface area contributed by atoms with Gasteiger partial charge in [-0.3, -0.25) is 4.79 Å². The Morgan fingerprint density at radius 2 is 1.73 bits per heavy atom. The van der Waals surface area contributed by atoms with Crippen LogP contribution in [0.15, 0.2) is 65.6 Å². The van der Waals surface area contributed by atoms with Crippen LogP contribution in [0.2, 0.25) is 10.0 Å². The van der Waals surface area contributed by atoms with Crippen molar-refractivity contribution in [2.24, 2.45) is 0 Å². The first kappa shape index (κ1) is 24.7. The number of aryl methyl sites for hydroxylation is 1. The summed E-state index contributed by atoms with van der Waals surface area (Å²) in [7, 11) is -3.87. The van der Waals surface area contributed by atoms with Crippen molar-refractivity contribution in [3.63, 3.8) is 0 Å². The zero-order valence-electron chi connectivity index (χ0n) is 17.3. The SMILES string of the molecule is Cc1nc(NC(=O)COC(=O)c2cccc(S(=O)(=O)NCc3ccccc3)c2)c(Cl)cc1Cl. The molecule has 1 amide bonds. The highest BCUT2D eigenvalue weighted by molar-refractivity contribution is 7.89. The topological polar surface area (TPSA) is 114 Å². The van der Waals surface area contributed by atoms with E-state index in [9.17, 15) is 18.0 Å². The number of aromatic nitrogens is 1. The highest BCUT2D eigenvalue weighted by Crippen LogP contribution is 2.25. The predicted octanol–water partition coefficient (Wildman–Crippen LogP) is 3.97. The number of carbonyl (C=O) groups is 2. The molecule has 11 heteroatoms. The van der Waals surface area contributed by atoms with Crippen LogP contribution in [-0.4, -0.2) is 31.9 Å². The van der Waals surface area contributed by atoms with Gasteiger partial charge in [-0.15, -0.1) is 0 Å². The number of sulfonamides is 1. The van der Waals surface area contributed by atoms with Crippen molar-refractivity contribution in [2.75, 3.05) is 11.9 Å². The van der Waals surface area contributed by atoms with Crippen molar-refractivity contribution in [3.8, 4) is 0 Å². The standard InChI is InChI=1S/C22H19Cl2N3O5S/c1-14-18(23)11-19(24)21(26-14)27-20(28)13-32-22(29)16-8-5-9-17(10-16)33(30,31)25-12-15-6-3-2-4-7-15/h2-11,25H,12-13H2,1H3,(H,26,27,28). The van der Waals surface area contributed by atoms with Gasteiger partial charge in [0.1, 0.15) is 0 Å². The highest BCUT2D eigenvalue weighted by Gasteiger charge is 2.18. The first-order valence-corrected chi connectivity index (χ1v) is 11.8. The Balaban J connectivity index is 1.61. The number of benzene rings is 2. The van der Waals surface area contributed by atoms with Gasteiger partial charge in [0.2, 0.25) is 10.0 Å². The zero-order valence-corrected chi connectivity index (χ0v) is 19.7. The fraction of sp³-hybridized carbons (Fsp3) is 0.136. The third-order valence-electron chi connectivity index (χ3n) is 4.39. The van der Waals surface area contributed by atoms with Gasteiger partial charge in [0.15, 0.2) is 12.4 Å². The molecular formula is C22H19Cl2N3O5S. The van der Waals surface area contributed by atoms with E-state index in [-0.39, 0.29) is 27.8 Å². The molecule has 1 aromatic heterocycles. The fourth-order valence-electron chi connectivity index (χ4n) is 2.68. The molecule has 3 rings (SSSR count). The van der Waals surface area contributed by atoms with Gasteiger partial charge in [0, 0.05) is 6.54 Å². The lowest BCUT2D eigenvalue weighted by Crippen LogP contribution is -2.24. The summed E-state index contributed by atoms with van der Waals surface area (Å²) < 4.78 is 32.6. The van der Waals surface area contributed by atoms with Gasteiger partial charge >= 0.3 is 5.97 Å². The molecule has 0 aliphatic heterocycles. The Morgan fingerprint density at radius 1 is 1.00 bits per heavy atom. The van der Waals surface area contributed by atoms with Crippen LogP contribution in [0.5, 0.6) is 0 Å². The van der Waals surface area contributed by atoms with Crippen LogP contribution in [0.4, 0.5) is 5.82 Å². The number of ether oxygens (including phenoxy) is 1. The molecule has 0 aliphatic rings. The average Bonchev–Trinajstić information content (AvgIpc) is 2.80. The van der Waals surface area contributed by atoms with Crippen LogP contribution >= 0.6 is 23.2 Å². The van der Waals surface area contributed by atoms with Crippen LogP contribution in [0.3, 0.4) is 0 Å². The maximum atomic E-state index is 12.6. The fourth-order valence-corrected chi connectivity index (χ4v) is 4.15. The molecule has 2 N–H and O–H groups in total. The van der Waals surface area contributed by atoms with Crippen molar-refractivity contribution in [1.82, 2.24) is 9.71 Å². The van der Waals surface area contributed by atoms with Gasteiger partial charge in [-0.2, -0.15) is 0 Å². The minimum absolute atomic E-state index is 0.0242. The minimum Gasteiger partial charge on any atom is -0.452 e. The molecule has 33 heavy (non-hydrogen) atoms. The largest absolute Gasteiger partial charge is 0.452 e. The summed E-state index contributed by atoms with van der Waals surface area (Å²) in [6, 6.07) is 15.8. The van der Waals surface area contributed by atoms with Crippen LogP contribution in [0.1, 0.15) is 21.6 Å². The summed E-state index contributed by atoms with van der Waals surface area (Å²) in [5.41, 5.74) is 1.23. The van der Waals surface area contributed by atoms with E-state index in [1.165, 1.54) is 30.3 Å². The van der Waals surface area contributed by atoms with E-state index in [2.05, 4.69) is 15.0 Å². The summed E-state index contributed by atoms with van der Waals surface area (Å²) in [6.07, 6.45) is 0. The first-order valence-electron chi connectivity index (χ1n) is 9.59. The molecule has 0 atom stereocenters. The quantitative estimate of drug-likeness (QED) is 0.445. The Bertz CT molecular complexity index is 1280. The van der Waals surface area contributed by atoms with Gasteiger partial charge in [0.05, 0.1) is 26.2 Å². The minimum atomic E-state index is -3.87. The number of carbonyl (C=O) groups excluding carboxylic acids is 2. The third-order valence-corrected chi connectivity index (χ3v) is 6.46. The molecule has 2 aromatic carbocycles. The normalized spacial score (nSPS) is 11.1. The maximum Gasteiger partial charge on any atom is 0.338 e. The van der Waals surface area contributed by atoms with Crippen LogP contribution < -0.4 is 10.0 Å². The number of rotatable bonds is 8. The van der Waals surface area contributed by atoms with E-state index in [1.807, 2.05) is 6.07 Å². The molecule has 0 unspecified atom stereocenters. The van der Waals surface area contributed by atoms with Gasteiger partial charge < -0.3 is 10.1 Å². The molecule has 172 valence electrons. The van der Waals surface area contributed by atoms with E-state index < -0.39 is 28.5 Å². The third kappa shape index (κ3) is 6.75. The highest BCUT2D eigenvalue weighted by atomic mass is 35.5. The lowest BCUT2D eigenvalue weighted by molar-refractivity contribution is -0.119. The van der Waals surface area contributed by atoms with E-state index in [1.54, 1.807) is 31.2 Å². The number of hydrogen-bond donors (Lipinski definition) is 2. The maximum absolute atomic E-state index is 12.6. The van der Waals surface area contributed by atoms with E-state index in [0.29, 0.717) is 10.7 Å². The Kier molecular flexibility index (Phi) is 8.04. The molecule has 0 radical (unpaired) electrons. The molecule has 0 fully saturated rings. The molecule has 8 nitrogen and oxygen atoms in total. The number of hydrogen-bond acceptors (Lipinski definition) is 6. The van der Waals surface area contributed by atoms with Crippen molar-refractivity contribution < 1.29 is 22.7 Å². The number of pyridine rings is 1. The number of halogens is 2. The van der Waals surface area contributed by atoms with Gasteiger partial charge in [-0.1, -0.05) is 59.6 Å². The number of esters is 1. The molecule has 0 saturated carbocycles. The van der Waals surface area contributed by atoms with Gasteiger partial charge in [0.25, 0.3) is 5.91 Å². The zero-order chi connectivity index (χ0) is 24.0. The molecule has 0 saturated heterocycles. The summed E-state index contributed by atoms with van der Waals surface area (Å²) in [5, 5.41) is 2.90. The smallest absolute Gasteiger partial charge is 0.338 e. The monoisotopic (exact) mass is 507 g/mol.